The third kappa shape index (κ3) is 4.34. The minimum absolute atomic E-state index is 0. The minimum atomic E-state index is 0. The quantitative estimate of drug-likeness (QED) is 0.797. The van der Waals surface area contributed by atoms with Crippen LogP contribution >= 0.6 is 24.8 Å². The van der Waals surface area contributed by atoms with E-state index in [-0.39, 0.29) is 36.8 Å². The molecule has 0 spiro atoms. The lowest BCUT2D eigenvalue weighted by Gasteiger charge is -2.36. The van der Waals surface area contributed by atoms with Gasteiger partial charge in [-0.3, -0.25) is 9.48 Å². The van der Waals surface area contributed by atoms with Crippen LogP contribution in [-0.4, -0.2) is 62.8 Å². The van der Waals surface area contributed by atoms with Crippen molar-refractivity contribution < 1.29 is 4.79 Å². The Labute approximate surface area is 177 Å². The second-order valence-electron chi connectivity index (χ2n) is 7.53. The molecule has 3 heterocycles. The van der Waals surface area contributed by atoms with Gasteiger partial charge in [0.1, 0.15) is 11.6 Å². The molecule has 2 fully saturated rings. The van der Waals surface area contributed by atoms with E-state index in [1.54, 1.807) is 4.68 Å². The summed E-state index contributed by atoms with van der Waals surface area (Å²) in [5.41, 5.74) is 6.97. The number of nitrogens with two attached hydrogens (primary N) is 1. The Kier molecular flexibility index (Phi) is 7.47. The number of halogens is 2. The molecular weight excluding hydrogens is 401 g/mol. The van der Waals surface area contributed by atoms with Crippen LogP contribution in [0.3, 0.4) is 0 Å². The summed E-state index contributed by atoms with van der Waals surface area (Å²) >= 11 is 0. The van der Waals surface area contributed by atoms with Crippen LogP contribution in [-0.2, 0) is 11.8 Å². The van der Waals surface area contributed by atoms with Crippen molar-refractivity contribution in [2.45, 2.75) is 38.6 Å². The van der Waals surface area contributed by atoms with Crippen LogP contribution in [0.15, 0.2) is 6.20 Å². The molecule has 156 valence electrons. The van der Waals surface area contributed by atoms with Crippen LogP contribution < -0.4 is 10.6 Å². The van der Waals surface area contributed by atoms with Gasteiger partial charge >= 0.3 is 0 Å². The van der Waals surface area contributed by atoms with Gasteiger partial charge in [-0.15, -0.1) is 24.8 Å². The number of anilines is 1. The van der Waals surface area contributed by atoms with E-state index in [4.69, 9.17) is 5.73 Å². The van der Waals surface area contributed by atoms with Crippen LogP contribution in [0.4, 0.5) is 5.82 Å². The summed E-state index contributed by atoms with van der Waals surface area (Å²) < 4.78 is 1.78. The van der Waals surface area contributed by atoms with E-state index in [0.717, 1.165) is 68.1 Å². The van der Waals surface area contributed by atoms with Gasteiger partial charge in [-0.2, -0.15) is 5.10 Å². The molecule has 2 N–H and O–H groups in total. The lowest BCUT2D eigenvalue weighted by atomic mass is 9.99. The Morgan fingerprint density at radius 3 is 2.54 bits per heavy atom. The van der Waals surface area contributed by atoms with E-state index in [1.165, 1.54) is 0 Å². The highest BCUT2D eigenvalue weighted by molar-refractivity contribution is 5.87. The number of hydrogen-bond donors (Lipinski definition) is 1. The number of nitrogens with zero attached hydrogens (tertiary/aromatic N) is 6. The van der Waals surface area contributed by atoms with Gasteiger partial charge in [0, 0.05) is 45.7 Å². The Hall–Kier alpha value is -1.64. The van der Waals surface area contributed by atoms with Gasteiger partial charge in [-0.1, -0.05) is 6.42 Å². The number of aromatic nitrogens is 4. The molecule has 1 saturated carbocycles. The number of piperazine rings is 1. The van der Waals surface area contributed by atoms with E-state index >= 15 is 0 Å². The molecule has 2 aliphatic rings. The summed E-state index contributed by atoms with van der Waals surface area (Å²) in [4.78, 5) is 26.0. The first-order valence-electron chi connectivity index (χ1n) is 9.47. The molecule has 28 heavy (non-hydrogen) atoms. The number of aryl methyl sites for hydroxylation is 2. The van der Waals surface area contributed by atoms with Crippen molar-refractivity contribution in [1.82, 2.24) is 24.6 Å². The zero-order valence-electron chi connectivity index (χ0n) is 16.4. The fourth-order valence-electron chi connectivity index (χ4n) is 4.19. The fourth-order valence-corrected chi connectivity index (χ4v) is 4.19. The van der Waals surface area contributed by atoms with Crippen LogP contribution in [0.5, 0.6) is 0 Å². The number of carbonyl (C=O) groups is 1. The lowest BCUT2D eigenvalue weighted by molar-refractivity contribution is -0.132. The summed E-state index contributed by atoms with van der Waals surface area (Å²) in [6, 6.07) is 0.197. The summed E-state index contributed by atoms with van der Waals surface area (Å²) in [5.74, 6) is 2.27. The molecular formula is C18H29Cl2N7O. The molecule has 1 aliphatic carbocycles. The predicted molar refractivity (Wildman–Crippen MR) is 114 cm³/mol. The van der Waals surface area contributed by atoms with Gasteiger partial charge in [-0.25, -0.2) is 9.97 Å². The number of fused-ring (bicyclic) bond motifs is 1. The van der Waals surface area contributed by atoms with Crippen LogP contribution in [0, 0.1) is 12.8 Å². The van der Waals surface area contributed by atoms with Crippen molar-refractivity contribution in [2.75, 3.05) is 31.1 Å². The van der Waals surface area contributed by atoms with E-state index < -0.39 is 0 Å². The number of rotatable bonds is 3. The van der Waals surface area contributed by atoms with Gasteiger partial charge in [-0.05, 0) is 25.7 Å². The molecule has 1 saturated heterocycles. The molecule has 2 aromatic rings. The first-order chi connectivity index (χ1) is 12.5. The fraction of sp³-hybridized carbons (Fsp3) is 0.667. The van der Waals surface area contributed by atoms with E-state index in [0.29, 0.717) is 12.3 Å². The highest BCUT2D eigenvalue weighted by Gasteiger charge is 2.30. The van der Waals surface area contributed by atoms with E-state index in [9.17, 15) is 4.79 Å². The molecule has 1 aliphatic heterocycles. The third-order valence-electron chi connectivity index (χ3n) is 5.77. The van der Waals surface area contributed by atoms with Crippen molar-refractivity contribution in [3.05, 3.63) is 12.0 Å². The van der Waals surface area contributed by atoms with Crippen molar-refractivity contribution >= 4 is 47.6 Å². The van der Waals surface area contributed by atoms with Crippen LogP contribution in [0.2, 0.25) is 0 Å². The first-order valence-corrected chi connectivity index (χ1v) is 9.47. The maximum absolute atomic E-state index is 12.6. The maximum Gasteiger partial charge on any atom is 0.223 e. The van der Waals surface area contributed by atoms with Gasteiger partial charge in [0.15, 0.2) is 5.65 Å². The van der Waals surface area contributed by atoms with Gasteiger partial charge in [0.25, 0.3) is 0 Å². The predicted octanol–water partition coefficient (Wildman–Crippen LogP) is 1.68. The average Bonchev–Trinajstić information content (AvgIpc) is 3.21. The molecule has 1 amide bonds. The third-order valence-corrected chi connectivity index (χ3v) is 5.77. The number of carbonyl (C=O) groups excluding carboxylic acids is 1. The molecule has 0 bridgehead atoms. The van der Waals surface area contributed by atoms with Gasteiger partial charge < -0.3 is 15.5 Å². The van der Waals surface area contributed by atoms with Crippen molar-refractivity contribution in [1.29, 1.82) is 0 Å². The molecule has 2 atom stereocenters. The summed E-state index contributed by atoms with van der Waals surface area (Å²) in [5, 5.41) is 5.28. The monoisotopic (exact) mass is 429 g/mol. The van der Waals surface area contributed by atoms with Crippen molar-refractivity contribution in [2.24, 2.45) is 18.7 Å². The lowest BCUT2D eigenvalue weighted by Crippen LogP contribution is -2.49. The molecule has 0 radical (unpaired) electrons. The Bertz CT molecular complexity index is 820. The molecule has 0 unspecified atom stereocenters. The second kappa shape index (κ2) is 9.24. The molecule has 0 aromatic carbocycles. The average molecular weight is 430 g/mol. The smallest absolute Gasteiger partial charge is 0.223 e. The first kappa shape index (κ1) is 22.6. The molecule has 4 rings (SSSR count). The summed E-state index contributed by atoms with van der Waals surface area (Å²) in [7, 11) is 1.89. The Morgan fingerprint density at radius 1 is 1.18 bits per heavy atom. The Morgan fingerprint density at radius 2 is 1.89 bits per heavy atom. The zero-order chi connectivity index (χ0) is 18.3. The Balaban J connectivity index is 0.00000140. The standard InChI is InChI=1S/C18H27N7O.2ClH/c1-12-21-17-14(11-20-23(17)2)18(22-12)25-8-6-24(7-9-25)16(26)10-13-4-3-5-15(13)19;;/h11,13,15H,3-10,19H2,1-2H3;2*1H/t13-,15+;;/m0../s1. The van der Waals surface area contributed by atoms with Crippen molar-refractivity contribution in [3.8, 4) is 0 Å². The molecule has 2 aromatic heterocycles. The van der Waals surface area contributed by atoms with Gasteiger partial charge in [0.2, 0.25) is 5.91 Å². The highest BCUT2D eigenvalue weighted by atomic mass is 35.5. The SMILES string of the molecule is Cc1nc(N2CCN(C(=O)C[C@@H]3CCC[C@H]3N)CC2)c2cnn(C)c2n1.Cl.Cl. The normalized spacial score (nSPS) is 22.1. The topological polar surface area (TPSA) is 93.2 Å². The second-order valence-corrected chi connectivity index (χ2v) is 7.53. The van der Waals surface area contributed by atoms with Crippen LogP contribution in [0.25, 0.3) is 11.0 Å². The largest absolute Gasteiger partial charge is 0.352 e. The maximum atomic E-state index is 12.6. The van der Waals surface area contributed by atoms with Crippen molar-refractivity contribution in [3.63, 3.8) is 0 Å². The number of hydrogen-bond acceptors (Lipinski definition) is 6. The molecule has 10 heteroatoms. The minimum Gasteiger partial charge on any atom is -0.352 e. The van der Waals surface area contributed by atoms with Gasteiger partial charge in [0.05, 0.1) is 11.6 Å². The summed E-state index contributed by atoms with van der Waals surface area (Å²) in [6.45, 7) is 4.92. The van der Waals surface area contributed by atoms with E-state index in [1.807, 2.05) is 25.1 Å². The summed E-state index contributed by atoms with van der Waals surface area (Å²) in [6.07, 6.45) is 5.72. The molecule has 8 nitrogen and oxygen atoms in total. The van der Waals surface area contributed by atoms with E-state index in [2.05, 4.69) is 20.0 Å². The van der Waals surface area contributed by atoms with Crippen LogP contribution in [0.1, 0.15) is 31.5 Å². The highest BCUT2D eigenvalue weighted by Crippen LogP contribution is 2.28. The number of amides is 1. The zero-order valence-corrected chi connectivity index (χ0v) is 18.0.